The molecule has 0 saturated carbocycles. The van der Waals surface area contributed by atoms with E-state index in [2.05, 4.69) is 15.2 Å². The van der Waals surface area contributed by atoms with Crippen molar-refractivity contribution in [2.45, 2.75) is 25.4 Å². The average molecular weight is 260 g/mol. The van der Waals surface area contributed by atoms with Crippen molar-refractivity contribution in [3.05, 3.63) is 29.6 Å². The molecule has 19 heavy (non-hydrogen) atoms. The third-order valence-corrected chi connectivity index (χ3v) is 4.27. The number of nitrogens with two attached hydrogens (primary N) is 1. The van der Waals surface area contributed by atoms with E-state index in [1.165, 1.54) is 25.9 Å². The topological polar surface area (TPSA) is 71.2 Å². The van der Waals surface area contributed by atoms with Crippen LogP contribution in [0, 0.1) is 5.92 Å². The number of rotatable bonds is 3. The van der Waals surface area contributed by atoms with Crippen molar-refractivity contribution in [3.63, 3.8) is 0 Å². The number of hydrogen-bond acceptors (Lipinski definition) is 4. The van der Waals surface area contributed by atoms with Crippen LogP contribution in [0.4, 0.5) is 0 Å². The molecule has 102 valence electrons. The summed E-state index contributed by atoms with van der Waals surface area (Å²) in [5.74, 6) is 0.569. The van der Waals surface area contributed by atoms with E-state index in [9.17, 15) is 4.79 Å². The summed E-state index contributed by atoms with van der Waals surface area (Å²) in [5, 5.41) is 3.13. The van der Waals surface area contributed by atoms with Gasteiger partial charge < -0.3 is 16.0 Å². The molecule has 0 aliphatic carbocycles. The van der Waals surface area contributed by atoms with Crippen LogP contribution in [0.15, 0.2) is 18.3 Å². The highest BCUT2D eigenvalue weighted by Crippen LogP contribution is 2.27. The van der Waals surface area contributed by atoms with Crippen molar-refractivity contribution < 1.29 is 4.79 Å². The van der Waals surface area contributed by atoms with Crippen LogP contribution in [0.5, 0.6) is 0 Å². The van der Waals surface area contributed by atoms with Crippen molar-refractivity contribution >= 4 is 5.91 Å². The number of piperidine rings is 3. The van der Waals surface area contributed by atoms with Gasteiger partial charge in [0.25, 0.3) is 5.91 Å². The fraction of sp³-hybridized carbons (Fsp3) is 0.571. The number of amides is 1. The van der Waals surface area contributed by atoms with Gasteiger partial charge in [-0.3, -0.25) is 9.78 Å². The number of aromatic nitrogens is 1. The van der Waals surface area contributed by atoms with Crippen molar-refractivity contribution in [1.82, 2.24) is 15.2 Å². The highest BCUT2D eigenvalue weighted by Gasteiger charge is 2.35. The Morgan fingerprint density at radius 3 is 2.74 bits per heavy atom. The van der Waals surface area contributed by atoms with E-state index in [1.54, 1.807) is 12.3 Å². The number of nitrogens with one attached hydrogen (secondary N) is 1. The molecule has 0 spiro atoms. The number of nitrogens with zero attached hydrogens (tertiary/aromatic N) is 2. The molecular formula is C14H20N4O. The SMILES string of the molecule is NCc1ccc(C(=O)NC2CN3CCC2CC3)nc1. The molecule has 5 heteroatoms. The van der Waals surface area contributed by atoms with Gasteiger partial charge in [-0.05, 0) is 43.5 Å². The zero-order valence-electron chi connectivity index (χ0n) is 11.0. The Hall–Kier alpha value is -1.46. The van der Waals surface area contributed by atoms with Crippen molar-refractivity contribution in [2.24, 2.45) is 11.7 Å². The maximum Gasteiger partial charge on any atom is 0.270 e. The minimum Gasteiger partial charge on any atom is -0.346 e. The van der Waals surface area contributed by atoms with Gasteiger partial charge in [-0.1, -0.05) is 6.07 Å². The first-order valence-electron chi connectivity index (χ1n) is 6.94. The zero-order valence-corrected chi connectivity index (χ0v) is 11.0. The minimum atomic E-state index is -0.0673. The van der Waals surface area contributed by atoms with Crippen LogP contribution >= 0.6 is 0 Å². The summed E-state index contributed by atoms with van der Waals surface area (Å²) in [6.45, 7) is 3.80. The molecule has 3 aliphatic heterocycles. The van der Waals surface area contributed by atoms with Gasteiger partial charge in [-0.2, -0.15) is 0 Å². The van der Waals surface area contributed by atoms with Gasteiger partial charge in [0.05, 0.1) is 0 Å². The number of carbonyl (C=O) groups excluding carboxylic acids is 1. The van der Waals surface area contributed by atoms with Crippen LogP contribution in [-0.4, -0.2) is 41.5 Å². The molecular weight excluding hydrogens is 240 g/mol. The Balaban J connectivity index is 1.64. The van der Waals surface area contributed by atoms with Gasteiger partial charge in [-0.25, -0.2) is 0 Å². The van der Waals surface area contributed by atoms with Gasteiger partial charge in [0, 0.05) is 25.3 Å². The Labute approximate surface area is 113 Å². The first-order valence-corrected chi connectivity index (χ1v) is 6.94. The van der Waals surface area contributed by atoms with Gasteiger partial charge in [0.2, 0.25) is 0 Å². The quantitative estimate of drug-likeness (QED) is 0.823. The summed E-state index contributed by atoms with van der Waals surface area (Å²) in [6.07, 6.45) is 4.07. The summed E-state index contributed by atoms with van der Waals surface area (Å²) in [7, 11) is 0. The summed E-state index contributed by atoms with van der Waals surface area (Å²) in [4.78, 5) is 18.8. The molecule has 0 radical (unpaired) electrons. The van der Waals surface area contributed by atoms with Crippen LogP contribution in [-0.2, 0) is 6.54 Å². The van der Waals surface area contributed by atoms with Gasteiger partial charge >= 0.3 is 0 Å². The highest BCUT2D eigenvalue weighted by atomic mass is 16.1. The number of hydrogen-bond donors (Lipinski definition) is 2. The smallest absolute Gasteiger partial charge is 0.270 e. The average Bonchev–Trinajstić information content (AvgIpc) is 2.48. The van der Waals surface area contributed by atoms with Crippen molar-refractivity contribution in [1.29, 1.82) is 0 Å². The first kappa shape index (κ1) is 12.6. The first-order chi connectivity index (χ1) is 9.26. The fourth-order valence-electron chi connectivity index (χ4n) is 3.05. The molecule has 0 aromatic carbocycles. The molecule has 3 fully saturated rings. The lowest BCUT2D eigenvalue weighted by atomic mass is 9.84. The lowest BCUT2D eigenvalue weighted by molar-refractivity contribution is 0.0618. The fourth-order valence-corrected chi connectivity index (χ4v) is 3.05. The van der Waals surface area contributed by atoms with E-state index < -0.39 is 0 Å². The highest BCUT2D eigenvalue weighted by molar-refractivity contribution is 5.92. The molecule has 5 nitrogen and oxygen atoms in total. The predicted molar refractivity (Wildman–Crippen MR) is 72.5 cm³/mol. The molecule has 4 rings (SSSR count). The van der Waals surface area contributed by atoms with Crippen molar-refractivity contribution in [2.75, 3.05) is 19.6 Å². The lowest BCUT2D eigenvalue weighted by Gasteiger charge is -2.44. The second-order valence-electron chi connectivity index (χ2n) is 5.47. The Morgan fingerprint density at radius 2 is 2.21 bits per heavy atom. The molecule has 1 amide bonds. The van der Waals surface area contributed by atoms with E-state index in [4.69, 9.17) is 5.73 Å². The van der Waals surface area contributed by atoms with E-state index in [0.717, 1.165) is 12.1 Å². The molecule has 2 bridgehead atoms. The molecule has 4 heterocycles. The van der Waals surface area contributed by atoms with Crippen LogP contribution in [0.2, 0.25) is 0 Å². The van der Waals surface area contributed by atoms with E-state index in [0.29, 0.717) is 18.2 Å². The summed E-state index contributed by atoms with van der Waals surface area (Å²) < 4.78 is 0. The number of carbonyl (C=O) groups is 1. The Morgan fingerprint density at radius 1 is 1.42 bits per heavy atom. The van der Waals surface area contributed by atoms with Gasteiger partial charge in [-0.15, -0.1) is 0 Å². The van der Waals surface area contributed by atoms with Crippen LogP contribution in [0.3, 0.4) is 0 Å². The Bertz CT molecular complexity index is 451. The maximum atomic E-state index is 12.2. The van der Waals surface area contributed by atoms with Crippen LogP contribution < -0.4 is 11.1 Å². The summed E-state index contributed by atoms with van der Waals surface area (Å²) in [5.41, 5.74) is 6.94. The predicted octanol–water partition coefficient (Wildman–Crippen LogP) is 0.364. The summed E-state index contributed by atoms with van der Waals surface area (Å²) in [6, 6.07) is 3.89. The van der Waals surface area contributed by atoms with Gasteiger partial charge in [0.15, 0.2) is 0 Å². The van der Waals surface area contributed by atoms with Gasteiger partial charge in [0.1, 0.15) is 5.69 Å². The van der Waals surface area contributed by atoms with Crippen molar-refractivity contribution in [3.8, 4) is 0 Å². The maximum absolute atomic E-state index is 12.2. The van der Waals surface area contributed by atoms with E-state index in [-0.39, 0.29) is 11.9 Å². The number of fused-ring (bicyclic) bond motifs is 3. The van der Waals surface area contributed by atoms with Crippen LogP contribution in [0.25, 0.3) is 0 Å². The molecule has 1 aromatic rings. The summed E-state index contributed by atoms with van der Waals surface area (Å²) >= 11 is 0. The second-order valence-corrected chi connectivity index (χ2v) is 5.47. The van der Waals surface area contributed by atoms with E-state index >= 15 is 0 Å². The lowest BCUT2D eigenvalue weighted by Crippen LogP contribution is -2.57. The largest absolute Gasteiger partial charge is 0.346 e. The monoisotopic (exact) mass is 260 g/mol. The van der Waals surface area contributed by atoms with E-state index in [1.807, 2.05) is 6.07 Å². The molecule has 1 atom stereocenters. The third kappa shape index (κ3) is 2.62. The minimum absolute atomic E-state index is 0.0673. The molecule has 1 aromatic heterocycles. The standard InChI is InChI=1S/C14H20N4O/c15-7-10-1-2-12(16-8-10)14(19)17-13-9-18-5-3-11(13)4-6-18/h1-2,8,11,13H,3-7,9,15H2,(H,17,19). The molecule has 3 aliphatic rings. The number of pyridine rings is 1. The molecule has 1 unspecified atom stereocenters. The zero-order chi connectivity index (χ0) is 13.2. The molecule has 3 saturated heterocycles. The second kappa shape index (κ2) is 5.27. The van der Waals surface area contributed by atoms with Crippen LogP contribution in [0.1, 0.15) is 28.9 Å². The molecule has 3 N–H and O–H groups in total. The normalized spacial score (nSPS) is 29.2. The third-order valence-electron chi connectivity index (χ3n) is 4.27. The Kier molecular flexibility index (Phi) is 3.48.